The summed E-state index contributed by atoms with van der Waals surface area (Å²) >= 11 is 0. The van der Waals surface area contributed by atoms with E-state index in [0.29, 0.717) is 11.4 Å². The van der Waals surface area contributed by atoms with Gasteiger partial charge >= 0.3 is 0 Å². The van der Waals surface area contributed by atoms with Crippen LogP contribution in [0.15, 0.2) is 24.3 Å². The van der Waals surface area contributed by atoms with Gasteiger partial charge in [0.2, 0.25) is 11.8 Å². The second kappa shape index (κ2) is 6.61. The van der Waals surface area contributed by atoms with Crippen LogP contribution in [0.25, 0.3) is 0 Å². The zero-order valence-electron chi connectivity index (χ0n) is 10.4. The maximum absolute atomic E-state index is 11.6. The minimum atomic E-state index is -0.541. The first-order chi connectivity index (χ1) is 8.52. The lowest BCUT2D eigenvalue weighted by Crippen LogP contribution is -2.42. The van der Waals surface area contributed by atoms with Crippen LogP contribution in [0.4, 0.5) is 5.69 Å². The highest BCUT2D eigenvalue weighted by Gasteiger charge is 2.10. The van der Waals surface area contributed by atoms with Gasteiger partial charge in [0.1, 0.15) is 5.75 Å². The Morgan fingerprint density at radius 1 is 1.44 bits per heavy atom. The van der Waals surface area contributed by atoms with Crippen molar-refractivity contribution in [3.8, 4) is 5.75 Å². The number of amides is 2. The molecule has 6 heteroatoms. The number of ether oxygens (including phenoxy) is 1. The number of carbonyl (C=O) groups excluding carboxylic acids is 2. The zero-order valence-corrected chi connectivity index (χ0v) is 10.4. The van der Waals surface area contributed by atoms with Crippen LogP contribution in [-0.4, -0.2) is 31.5 Å². The maximum Gasteiger partial charge on any atom is 0.238 e. The summed E-state index contributed by atoms with van der Waals surface area (Å²) in [6, 6.07) is 6.46. The lowest BCUT2D eigenvalue weighted by atomic mass is 10.3. The number of hydrogen-bond acceptors (Lipinski definition) is 4. The number of methoxy groups -OCH3 is 1. The fourth-order valence-corrected chi connectivity index (χ4v) is 1.25. The molecule has 4 N–H and O–H groups in total. The first-order valence-corrected chi connectivity index (χ1v) is 5.49. The molecule has 2 amide bonds. The Kier molecular flexibility index (Phi) is 5.13. The van der Waals surface area contributed by atoms with E-state index in [-0.39, 0.29) is 12.5 Å². The van der Waals surface area contributed by atoms with Gasteiger partial charge < -0.3 is 15.8 Å². The molecule has 1 rings (SSSR count). The molecule has 0 saturated heterocycles. The Hall–Kier alpha value is -2.08. The second-order valence-electron chi connectivity index (χ2n) is 3.79. The van der Waals surface area contributed by atoms with Crippen LogP contribution < -0.4 is 21.1 Å². The SMILES string of the molecule is COc1cccc(NC(=O)CNC(C)C(N)=O)c1. The van der Waals surface area contributed by atoms with Crippen LogP contribution in [0.5, 0.6) is 5.75 Å². The molecule has 0 aliphatic heterocycles. The van der Waals surface area contributed by atoms with Crippen molar-refractivity contribution in [2.24, 2.45) is 5.73 Å². The van der Waals surface area contributed by atoms with Gasteiger partial charge in [0.15, 0.2) is 0 Å². The minimum Gasteiger partial charge on any atom is -0.497 e. The predicted octanol–water partition coefficient (Wildman–Crippen LogP) is 0.0971. The second-order valence-corrected chi connectivity index (χ2v) is 3.79. The van der Waals surface area contributed by atoms with Crippen LogP contribution >= 0.6 is 0 Å². The van der Waals surface area contributed by atoms with Crippen molar-refractivity contribution in [2.75, 3.05) is 19.0 Å². The molecule has 0 aliphatic carbocycles. The quantitative estimate of drug-likeness (QED) is 0.668. The molecule has 0 aliphatic rings. The van der Waals surface area contributed by atoms with E-state index in [1.54, 1.807) is 38.3 Å². The van der Waals surface area contributed by atoms with Gasteiger partial charge in [-0.2, -0.15) is 0 Å². The van der Waals surface area contributed by atoms with Crippen molar-refractivity contribution in [3.05, 3.63) is 24.3 Å². The van der Waals surface area contributed by atoms with E-state index >= 15 is 0 Å². The van der Waals surface area contributed by atoms with Gasteiger partial charge in [0.05, 0.1) is 19.7 Å². The molecule has 6 nitrogen and oxygen atoms in total. The molecule has 1 aromatic carbocycles. The summed E-state index contributed by atoms with van der Waals surface area (Å²) in [4.78, 5) is 22.3. The van der Waals surface area contributed by atoms with Crippen LogP contribution in [0.1, 0.15) is 6.92 Å². The molecule has 0 aromatic heterocycles. The number of nitrogens with one attached hydrogen (secondary N) is 2. The molecule has 1 aromatic rings. The van der Waals surface area contributed by atoms with Crippen molar-refractivity contribution in [1.82, 2.24) is 5.32 Å². The number of anilines is 1. The lowest BCUT2D eigenvalue weighted by molar-refractivity contribution is -0.120. The van der Waals surface area contributed by atoms with Gasteiger partial charge in [-0.1, -0.05) is 6.07 Å². The fraction of sp³-hybridized carbons (Fsp3) is 0.333. The van der Waals surface area contributed by atoms with Gasteiger partial charge in [-0.25, -0.2) is 0 Å². The Bertz CT molecular complexity index is 434. The zero-order chi connectivity index (χ0) is 13.5. The van der Waals surface area contributed by atoms with E-state index < -0.39 is 11.9 Å². The van der Waals surface area contributed by atoms with E-state index in [4.69, 9.17) is 10.5 Å². The average molecular weight is 251 g/mol. The van der Waals surface area contributed by atoms with E-state index in [9.17, 15) is 9.59 Å². The van der Waals surface area contributed by atoms with Gasteiger partial charge in [-0.05, 0) is 19.1 Å². The van der Waals surface area contributed by atoms with E-state index in [2.05, 4.69) is 10.6 Å². The third-order valence-electron chi connectivity index (χ3n) is 2.35. The molecule has 18 heavy (non-hydrogen) atoms. The summed E-state index contributed by atoms with van der Waals surface area (Å²) in [7, 11) is 1.55. The number of benzene rings is 1. The Labute approximate surface area is 105 Å². The number of primary amides is 1. The third kappa shape index (κ3) is 4.42. The Balaban J connectivity index is 2.46. The molecular weight excluding hydrogens is 234 g/mol. The summed E-state index contributed by atoms with van der Waals surface area (Å²) in [5.41, 5.74) is 5.70. The van der Waals surface area contributed by atoms with Gasteiger partial charge in [-0.15, -0.1) is 0 Å². The Morgan fingerprint density at radius 2 is 2.17 bits per heavy atom. The predicted molar refractivity (Wildman–Crippen MR) is 68.3 cm³/mol. The lowest BCUT2D eigenvalue weighted by Gasteiger charge is -2.10. The van der Waals surface area contributed by atoms with Gasteiger partial charge in [0, 0.05) is 11.8 Å². The average Bonchev–Trinajstić information content (AvgIpc) is 2.36. The van der Waals surface area contributed by atoms with Crippen LogP contribution in [0.2, 0.25) is 0 Å². The Morgan fingerprint density at radius 3 is 2.78 bits per heavy atom. The normalized spacial score (nSPS) is 11.7. The molecule has 0 fully saturated rings. The molecule has 0 heterocycles. The van der Waals surface area contributed by atoms with Crippen molar-refractivity contribution < 1.29 is 14.3 Å². The highest BCUT2D eigenvalue weighted by Crippen LogP contribution is 2.16. The van der Waals surface area contributed by atoms with Crippen molar-refractivity contribution in [3.63, 3.8) is 0 Å². The molecule has 1 atom stereocenters. The van der Waals surface area contributed by atoms with Crippen LogP contribution in [0.3, 0.4) is 0 Å². The largest absolute Gasteiger partial charge is 0.497 e. The summed E-state index contributed by atoms with van der Waals surface area (Å²) in [6.07, 6.45) is 0. The molecular formula is C12H17N3O3. The minimum absolute atomic E-state index is 0.0152. The maximum atomic E-state index is 11.6. The van der Waals surface area contributed by atoms with Crippen molar-refractivity contribution >= 4 is 17.5 Å². The van der Waals surface area contributed by atoms with Gasteiger partial charge in [-0.3, -0.25) is 14.9 Å². The number of rotatable bonds is 6. The summed E-state index contributed by atoms with van der Waals surface area (Å²) in [6.45, 7) is 1.61. The van der Waals surface area contributed by atoms with Crippen LogP contribution in [-0.2, 0) is 9.59 Å². The molecule has 0 bridgehead atoms. The smallest absolute Gasteiger partial charge is 0.238 e. The monoisotopic (exact) mass is 251 g/mol. The summed E-state index contributed by atoms with van der Waals surface area (Å²) in [5.74, 6) is -0.0909. The summed E-state index contributed by atoms with van der Waals surface area (Å²) in [5, 5.41) is 5.39. The molecule has 0 spiro atoms. The van der Waals surface area contributed by atoms with Crippen LogP contribution in [0, 0.1) is 0 Å². The topological polar surface area (TPSA) is 93.4 Å². The number of hydrogen-bond donors (Lipinski definition) is 3. The molecule has 0 radical (unpaired) electrons. The molecule has 1 unspecified atom stereocenters. The fourth-order valence-electron chi connectivity index (χ4n) is 1.25. The van der Waals surface area contributed by atoms with Crippen molar-refractivity contribution in [1.29, 1.82) is 0 Å². The number of nitrogens with two attached hydrogens (primary N) is 1. The van der Waals surface area contributed by atoms with E-state index in [1.165, 1.54) is 0 Å². The third-order valence-corrected chi connectivity index (χ3v) is 2.35. The number of carbonyl (C=O) groups is 2. The standard InChI is InChI=1S/C12H17N3O3/c1-8(12(13)17)14-7-11(16)15-9-4-3-5-10(6-9)18-2/h3-6,8,14H,7H2,1-2H3,(H2,13,17)(H,15,16). The highest BCUT2D eigenvalue weighted by molar-refractivity contribution is 5.92. The first kappa shape index (κ1) is 14.0. The van der Waals surface area contributed by atoms with Crippen molar-refractivity contribution in [2.45, 2.75) is 13.0 Å². The van der Waals surface area contributed by atoms with E-state index in [0.717, 1.165) is 0 Å². The van der Waals surface area contributed by atoms with Gasteiger partial charge in [0.25, 0.3) is 0 Å². The highest BCUT2D eigenvalue weighted by atomic mass is 16.5. The molecule has 98 valence electrons. The molecule has 0 saturated carbocycles. The first-order valence-electron chi connectivity index (χ1n) is 5.49. The van der Waals surface area contributed by atoms with E-state index in [1.807, 2.05) is 0 Å². The summed E-state index contributed by atoms with van der Waals surface area (Å²) < 4.78 is 5.04.